The van der Waals surface area contributed by atoms with Crippen molar-refractivity contribution in [2.45, 2.75) is 70.9 Å². The van der Waals surface area contributed by atoms with Crippen LogP contribution in [0.25, 0.3) is 0 Å². The molecule has 1 aromatic carbocycles. The van der Waals surface area contributed by atoms with Crippen LogP contribution in [0.4, 0.5) is 0 Å². The largest absolute Gasteiger partial charge is 0.479 e. The Balaban J connectivity index is 1.22. The van der Waals surface area contributed by atoms with Gasteiger partial charge in [-0.05, 0) is 86.3 Å². The molecule has 5 rings (SSSR count). The highest BCUT2D eigenvalue weighted by atomic mass is 16.6. The van der Waals surface area contributed by atoms with E-state index in [1.54, 1.807) is 30.3 Å². The maximum absolute atomic E-state index is 12.4. The number of oxime groups is 1. The van der Waals surface area contributed by atoms with Crippen LogP contribution in [-0.4, -0.2) is 40.0 Å². The molecule has 0 saturated heterocycles. The van der Waals surface area contributed by atoms with Gasteiger partial charge in [0.1, 0.15) is 5.71 Å². The van der Waals surface area contributed by atoms with Gasteiger partial charge in [0, 0.05) is 5.41 Å². The topological polar surface area (TPSA) is 108 Å². The Bertz CT molecular complexity index is 1160. The average Bonchev–Trinajstić information content (AvgIpc) is 3.11. The summed E-state index contributed by atoms with van der Waals surface area (Å²) in [6.07, 6.45) is 12.6. The Hall–Kier alpha value is -2.93. The minimum Gasteiger partial charge on any atom is -0.479 e. The second-order valence-corrected chi connectivity index (χ2v) is 12.0. The van der Waals surface area contributed by atoms with E-state index in [4.69, 9.17) is 4.84 Å². The van der Waals surface area contributed by atoms with Crippen LogP contribution in [0.3, 0.4) is 0 Å². The first-order valence-electron chi connectivity index (χ1n) is 13.4. The molecule has 1 aromatic rings. The number of carboxylic acids is 1. The first-order valence-corrected chi connectivity index (χ1v) is 13.4. The molecule has 0 heterocycles. The van der Waals surface area contributed by atoms with E-state index >= 15 is 0 Å². The number of nitrogens with one attached hydrogen (secondary N) is 1. The number of nitrogens with zero attached hydrogens (tertiary/aromatic N) is 1. The lowest BCUT2D eigenvalue weighted by atomic mass is 9.47. The number of carbonyl (C=O) groups is 2. The lowest BCUT2D eigenvalue weighted by Crippen LogP contribution is -2.53. The number of hydrogen-bond donors (Lipinski definition) is 3. The maximum atomic E-state index is 12.4. The molecule has 0 aromatic heterocycles. The molecule has 0 radical (unpaired) electrons. The molecule has 7 nitrogen and oxygen atoms in total. The van der Waals surface area contributed by atoms with Crippen LogP contribution in [0, 0.1) is 28.6 Å². The van der Waals surface area contributed by atoms with Crippen molar-refractivity contribution in [1.29, 1.82) is 0 Å². The van der Waals surface area contributed by atoms with E-state index in [-0.39, 0.29) is 17.4 Å². The van der Waals surface area contributed by atoms with E-state index in [9.17, 15) is 19.8 Å². The molecular weight excluding hydrogens is 468 g/mol. The Morgan fingerprint density at radius 1 is 1.11 bits per heavy atom. The van der Waals surface area contributed by atoms with Gasteiger partial charge in [0.05, 0.1) is 5.60 Å². The molecule has 4 aliphatic rings. The van der Waals surface area contributed by atoms with E-state index in [2.05, 4.69) is 36.5 Å². The number of fused-ring (bicyclic) bond motifs is 5. The predicted molar refractivity (Wildman–Crippen MR) is 141 cm³/mol. The van der Waals surface area contributed by atoms with Crippen LogP contribution in [0.15, 0.2) is 59.3 Å². The lowest BCUT2D eigenvalue weighted by molar-refractivity contribution is -0.142. The number of carboxylic acid groups (broad SMARTS) is 1. The summed E-state index contributed by atoms with van der Waals surface area (Å²) in [4.78, 5) is 29.3. The molecule has 7 atom stereocenters. The number of carbonyl (C=O) groups excluding carboxylic acids is 1. The van der Waals surface area contributed by atoms with Crippen LogP contribution >= 0.6 is 0 Å². The summed E-state index contributed by atoms with van der Waals surface area (Å²) in [5.41, 5.74) is 1.92. The van der Waals surface area contributed by atoms with Gasteiger partial charge in [0.15, 0.2) is 12.6 Å². The highest BCUT2D eigenvalue weighted by Crippen LogP contribution is 2.66. The SMILES string of the molecule is C[C@]12C=CC(=NOCC(=O)N[C@H](C(=O)O)c3ccccc3)C=C1CC[C@@H]1[C@@H]2CC[C@@]2(C)[C@H]1CC[C@]2(C)O. The second kappa shape index (κ2) is 9.43. The summed E-state index contributed by atoms with van der Waals surface area (Å²) >= 11 is 0. The zero-order valence-corrected chi connectivity index (χ0v) is 21.9. The maximum Gasteiger partial charge on any atom is 0.330 e. The van der Waals surface area contributed by atoms with Gasteiger partial charge >= 0.3 is 5.97 Å². The molecule has 0 unspecified atom stereocenters. The van der Waals surface area contributed by atoms with Crippen molar-refractivity contribution in [3.05, 3.63) is 59.7 Å². The fourth-order valence-corrected chi connectivity index (χ4v) is 7.81. The third-order valence-corrected chi connectivity index (χ3v) is 10.2. The van der Waals surface area contributed by atoms with Crippen LogP contribution < -0.4 is 5.32 Å². The van der Waals surface area contributed by atoms with Gasteiger partial charge in [-0.1, -0.05) is 61.0 Å². The van der Waals surface area contributed by atoms with Crippen molar-refractivity contribution in [3.63, 3.8) is 0 Å². The average molecular weight is 507 g/mol. The van der Waals surface area contributed by atoms with Crippen molar-refractivity contribution in [3.8, 4) is 0 Å². The number of amides is 1. The lowest BCUT2D eigenvalue weighted by Gasteiger charge is -2.58. The molecule has 1 amide bonds. The van der Waals surface area contributed by atoms with E-state index < -0.39 is 23.5 Å². The van der Waals surface area contributed by atoms with Crippen molar-refractivity contribution in [1.82, 2.24) is 5.32 Å². The third kappa shape index (κ3) is 4.41. The Kier molecular flexibility index (Phi) is 6.55. The highest BCUT2D eigenvalue weighted by Gasteiger charge is 2.61. The standard InChI is InChI=1S/C30H38N2O5/c1-28-14-11-21(32-37-18-25(33)31-26(27(34)35)19-7-5-4-6-8-19)17-20(28)9-10-22-23(28)12-15-29(2)24(22)13-16-30(29,3)36/h4-8,11,14,17,22-24,26,36H,9-10,12-13,15-16,18H2,1-3H3,(H,31,33)(H,34,35)/t22-,23+,24+,26+,28+,29+,30+/m1/s1. The van der Waals surface area contributed by atoms with Crippen molar-refractivity contribution >= 4 is 17.6 Å². The van der Waals surface area contributed by atoms with Crippen molar-refractivity contribution < 1.29 is 24.6 Å². The van der Waals surface area contributed by atoms with E-state index in [1.165, 1.54) is 5.57 Å². The highest BCUT2D eigenvalue weighted by molar-refractivity contribution is 6.05. The van der Waals surface area contributed by atoms with Gasteiger partial charge in [0.2, 0.25) is 0 Å². The zero-order valence-electron chi connectivity index (χ0n) is 21.9. The first kappa shape index (κ1) is 25.7. The Morgan fingerprint density at radius 2 is 1.84 bits per heavy atom. The molecule has 0 aliphatic heterocycles. The predicted octanol–water partition coefficient (Wildman–Crippen LogP) is 4.79. The van der Waals surface area contributed by atoms with E-state index in [0.717, 1.165) is 38.5 Å². The third-order valence-electron chi connectivity index (χ3n) is 10.2. The molecule has 4 aliphatic carbocycles. The number of rotatable bonds is 6. The molecular formula is C30H38N2O5. The fourth-order valence-electron chi connectivity index (χ4n) is 7.81. The summed E-state index contributed by atoms with van der Waals surface area (Å²) in [5.74, 6) is 0.0520. The summed E-state index contributed by atoms with van der Waals surface area (Å²) < 4.78 is 0. The molecule has 3 fully saturated rings. The van der Waals surface area contributed by atoms with Gasteiger partial charge in [-0.15, -0.1) is 0 Å². The minimum absolute atomic E-state index is 0.00527. The molecule has 198 valence electrons. The zero-order chi connectivity index (χ0) is 26.4. The van der Waals surface area contributed by atoms with Crippen LogP contribution in [0.1, 0.15) is 70.9 Å². The van der Waals surface area contributed by atoms with Crippen LogP contribution in [-0.2, 0) is 14.4 Å². The first-order chi connectivity index (χ1) is 17.5. The molecule has 37 heavy (non-hydrogen) atoms. The van der Waals surface area contributed by atoms with Gasteiger partial charge in [0.25, 0.3) is 5.91 Å². The second-order valence-electron chi connectivity index (χ2n) is 12.0. The molecule has 3 N–H and O–H groups in total. The normalized spacial score (nSPS) is 38.1. The smallest absolute Gasteiger partial charge is 0.330 e. The van der Waals surface area contributed by atoms with Crippen LogP contribution in [0.2, 0.25) is 0 Å². The van der Waals surface area contributed by atoms with Gasteiger partial charge < -0.3 is 20.4 Å². The molecule has 7 heteroatoms. The molecule has 3 saturated carbocycles. The fraction of sp³-hybridized carbons (Fsp3) is 0.567. The van der Waals surface area contributed by atoms with E-state index in [0.29, 0.717) is 29.0 Å². The summed E-state index contributed by atoms with van der Waals surface area (Å²) in [6.45, 7) is 6.32. The monoisotopic (exact) mass is 506 g/mol. The van der Waals surface area contributed by atoms with Crippen LogP contribution in [0.5, 0.6) is 0 Å². The number of hydrogen-bond acceptors (Lipinski definition) is 5. The summed E-state index contributed by atoms with van der Waals surface area (Å²) in [7, 11) is 0. The van der Waals surface area contributed by atoms with Gasteiger partial charge in [-0.25, -0.2) is 4.79 Å². The Labute approximate surface area is 218 Å². The number of allylic oxidation sites excluding steroid dienone is 4. The number of aliphatic carboxylic acids is 1. The Morgan fingerprint density at radius 3 is 2.57 bits per heavy atom. The van der Waals surface area contributed by atoms with Gasteiger partial charge in [-0.3, -0.25) is 4.79 Å². The number of benzene rings is 1. The summed E-state index contributed by atoms with van der Waals surface area (Å²) in [5, 5.41) is 27.3. The minimum atomic E-state index is -1.14. The van der Waals surface area contributed by atoms with Crippen molar-refractivity contribution in [2.75, 3.05) is 6.61 Å². The molecule has 0 bridgehead atoms. The molecule has 0 spiro atoms. The van der Waals surface area contributed by atoms with Gasteiger partial charge in [-0.2, -0.15) is 0 Å². The summed E-state index contributed by atoms with van der Waals surface area (Å²) in [6, 6.07) is 7.43. The quantitative estimate of drug-likeness (QED) is 0.481. The number of aliphatic hydroxyl groups is 1. The van der Waals surface area contributed by atoms with E-state index in [1.807, 2.05) is 13.0 Å². The van der Waals surface area contributed by atoms with Crippen molar-refractivity contribution in [2.24, 2.45) is 33.7 Å².